The molecule has 0 unspecified atom stereocenters. The summed E-state index contributed by atoms with van der Waals surface area (Å²) >= 11 is 5.33. The number of pyridine rings is 1. The molecule has 1 aromatic heterocycles. The van der Waals surface area contributed by atoms with Gasteiger partial charge in [-0.2, -0.15) is 5.26 Å². The zero-order chi connectivity index (χ0) is 20.9. The lowest BCUT2D eigenvalue weighted by atomic mass is 10.1. The highest BCUT2D eigenvalue weighted by atomic mass is 32.1. The van der Waals surface area contributed by atoms with Gasteiger partial charge in [-0.15, -0.1) is 0 Å². The van der Waals surface area contributed by atoms with Crippen molar-refractivity contribution in [3.63, 3.8) is 0 Å². The van der Waals surface area contributed by atoms with Crippen LogP contribution in [0.25, 0.3) is 10.9 Å². The standard InChI is InChI=1S/C22H21N5O2S/c1-14-4-2-5-17(8-14)26-22(30)25-7-3-6-24-21-16(12-23)9-15-10-19-20(29-13-28-19)11-18(15)27-21/h2,4-5,8-11H,3,6-7,13H2,1H3,(H,24,27)(H2,25,26,30). The molecule has 152 valence electrons. The summed E-state index contributed by atoms with van der Waals surface area (Å²) in [4.78, 5) is 4.59. The fraction of sp³-hybridized carbons (Fsp3) is 0.227. The van der Waals surface area contributed by atoms with E-state index < -0.39 is 0 Å². The van der Waals surface area contributed by atoms with E-state index in [0.717, 1.165) is 23.0 Å². The molecule has 4 rings (SSSR count). The maximum atomic E-state index is 9.48. The van der Waals surface area contributed by atoms with E-state index in [1.807, 2.05) is 49.4 Å². The van der Waals surface area contributed by atoms with Crippen LogP contribution in [0.15, 0.2) is 42.5 Å². The summed E-state index contributed by atoms with van der Waals surface area (Å²) < 4.78 is 10.8. The zero-order valence-corrected chi connectivity index (χ0v) is 17.3. The molecule has 2 heterocycles. The molecular formula is C22H21N5O2S. The van der Waals surface area contributed by atoms with Gasteiger partial charge in [0.1, 0.15) is 11.9 Å². The molecular weight excluding hydrogens is 398 g/mol. The number of aromatic nitrogens is 1. The van der Waals surface area contributed by atoms with E-state index >= 15 is 0 Å². The van der Waals surface area contributed by atoms with E-state index in [-0.39, 0.29) is 6.79 Å². The maximum Gasteiger partial charge on any atom is 0.231 e. The van der Waals surface area contributed by atoms with Crippen LogP contribution >= 0.6 is 12.2 Å². The number of hydrogen-bond acceptors (Lipinski definition) is 6. The van der Waals surface area contributed by atoms with Crippen molar-refractivity contribution in [2.45, 2.75) is 13.3 Å². The first-order chi connectivity index (χ1) is 14.6. The van der Waals surface area contributed by atoms with Crippen LogP contribution < -0.4 is 25.4 Å². The van der Waals surface area contributed by atoms with Gasteiger partial charge in [-0.1, -0.05) is 12.1 Å². The number of hydrogen-bond donors (Lipinski definition) is 3. The highest BCUT2D eigenvalue weighted by Gasteiger charge is 2.16. The fourth-order valence-electron chi connectivity index (χ4n) is 3.18. The molecule has 0 fully saturated rings. The van der Waals surface area contributed by atoms with E-state index in [1.54, 1.807) is 0 Å². The van der Waals surface area contributed by atoms with Crippen molar-refractivity contribution in [2.24, 2.45) is 0 Å². The molecule has 1 aliphatic heterocycles. The summed E-state index contributed by atoms with van der Waals surface area (Å²) in [5.74, 6) is 1.91. The quantitative estimate of drug-likeness (QED) is 0.409. The summed E-state index contributed by atoms with van der Waals surface area (Å²) in [7, 11) is 0. The Hall–Kier alpha value is -3.57. The second kappa shape index (κ2) is 8.84. The van der Waals surface area contributed by atoms with Crippen LogP contribution in [0.5, 0.6) is 11.5 Å². The summed E-state index contributed by atoms with van der Waals surface area (Å²) in [6.07, 6.45) is 0.807. The Morgan fingerprint density at radius 3 is 2.80 bits per heavy atom. The third-order valence-corrected chi connectivity index (χ3v) is 4.88. The van der Waals surface area contributed by atoms with Gasteiger partial charge in [-0.25, -0.2) is 4.98 Å². The van der Waals surface area contributed by atoms with Gasteiger partial charge in [0.25, 0.3) is 0 Å². The number of ether oxygens (including phenoxy) is 2. The highest BCUT2D eigenvalue weighted by Crippen LogP contribution is 2.36. The number of nitrogens with one attached hydrogen (secondary N) is 3. The first-order valence-corrected chi connectivity index (χ1v) is 10.0. The summed E-state index contributed by atoms with van der Waals surface area (Å²) in [5.41, 5.74) is 3.38. The van der Waals surface area contributed by atoms with E-state index in [2.05, 4.69) is 27.0 Å². The Labute approximate surface area is 180 Å². The number of rotatable bonds is 6. The third-order valence-electron chi connectivity index (χ3n) is 4.64. The summed E-state index contributed by atoms with van der Waals surface area (Å²) in [5, 5.41) is 20.5. The molecule has 3 N–H and O–H groups in total. The van der Waals surface area contributed by atoms with Gasteiger partial charge < -0.3 is 25.4 Å². The van der Waals surface area contributed by atoms with Crippen molar-refractivity contribution in [1.29, 1.82) is 5.26 Å². The summed E-state index contributed by atoms with van der Waals surface area (Å²) in [6, 6.07) is 15.7. The molecule has 7 nitrogen and oxygen atoms in total. The van der Waals surface area contributed by atoms with Crippen molar-refractivity contribution in [3.05, 3.63) is 53.6 Å². The van der Waals surface area contributed by atoms with E-state index in [4.69, 9.17) is 21.7 Å². The molecule has 0 radical (unpaired) electrons. The number of aryl methyl sites for hydroxylation is 1. The van der Waals surface area contributed by atoms with Gasteiger partial charge in [0.05, 0.1) is 11.1 Å². The average molecular weight is 420 g/mol. The van der Waals surface area contributed by atoms with Gasteiger partial charge in [0, 0.05) is 30.2 Å². The Balaban J connectivity index is 1.31. The van der Waals surface area contributed by atoms with Crippen molar-refractivity contribution in [2.75, 3.05) is 30.5 Å². The largest absolute Gasteiger partial charge is 0.454 e. The van der Waals surface area contributed by atoms with Crippen LogP contribution in [0, 0.1) is 18.3 Å². The lowest BCUT2D eigenvalue weighted by Gasteiger charge is -2.12. The maximum absolute atomic E-state index is 9.48. The molecule has 0 saturated carbocycles. The normalized spacial score (nSPS) is 11.7. The SMILES string of the molecule is Cc1cccc(NC(=S)NCCCNc2nc3cc4c(cc3cc2C#N)OCO4)c1. The minimum atomic E-state index is 0.204. The van der Waals surface area contributed by atoms with E-state index in [1.165, 1.54) is 5.56 Å². The minimum absolute atomic E-state index is 0.204. The number of fused-ring (bicyclic) bond motifs is 2. The molecule has 8 heteroatoms. The number of benzene rings is 2. The first kappa shape index (κ1) is 19.7. The van der Waals surface area contributed by atoms with Crippen LogP contribution in [0.2, 0.25) is 0 Å². The Morgan fingerprint density at radius 2 is 2.00 bits per heavy atom. The van der Waals surface area contributed by atoms with Crippen molar-refractivity contribution in [1.82, 2.24) is 10.3 Å². The second-order valence-electron chi connectivity index (χ2n) is 6.93. The third kappa shape index (κ3) is 4.53. The number of nitrogens with zero attached hydrogens (tertiary/aromatic N) is 2. The molecule has 1 aliphatic rings. The number of anilines is 2. The predicted molar refractivity (Wildman–Crippen MR) is 121 cm³/mol. The first-order valence-electron chi connectivity index (χ1n) is 9.62. The molecule has 0 atom stereocenters. The predicted octanol–water partition coefficient (Wildman–Crippen LogP) is 3.93. The lowest BCUT2D eigenvalue weighted by Crippen LogP contribution is -2.30. The molecule has 0 bridgehead atoms. The van der Waals surface area contributed by atoms with Crippen LogP contribution in [-0.2, 0) is 0 Å². The van der Waals surface area contributed by atoms with Gasteiger partial charge in [0.2, 0.25) is 6.79 Å². The molecule has 0 amide bonds. The molecule has 0 aliphatic carbocycles. The fourth-order valence-corrected chi connectivity index (χ4v) is 3.40. The Bertz CT molecular complexity index is 1140. The summed E-state index contributed by atoms with van der Waals surface area (Å²) in [6.45, 7) is 3.59. The highest BCUT2D eigenvalue weighted by molar-refractivity contribution is 7.80. The zero-order valence-electron chi connectivity index (χ0n) is 16.5. The molecule has 2 aromatic carbocycles. The minimum Gasteiger partial charge on any atom is -0.454 e. The average Bonchev–Trinajstić information content (AvgIpc) is 3.18. The van der Waals surface area contributed by atoms with Gasteiger partial charge in [-0.3, -0.25) is 0 Å². The monoisotopic (exact) mass is 419 g/mol. The van der Waals surface area contributed by atoms with Gasteiger partial charge in [-0.05, 0) is 55.4 Å². The van der Waals surface area contributed by atoms with E-state index in [9.17, 15) is 5.26 Å². The number of nitriles is 1. The number of thiocarbonyl (C=S) groups is 1. The van der Waals surface area contributed by atoms with Crippen LogP contribution in [-0.4, -0.2) is 30.0 Å². The smallest absolute Gasteiger partial charge is 0.231 e. The molecule has 30 heavy (non-hydrogen) atoms. The molecule has 3 aromatic rings. The topological polar surface area (TPSA) is 91.2 Å². The molecule has 0 saturated heterocycles. The Kier molecular flexibility index (Phi) is 5.82. The lowest BCUT2D eigenvalue weighted by molar-refractivity contribution is 0.174. The van der Waals surface area contributed by atoms with Gasteiger partial charge >= 0.3 is 0 Å². The van der Waals surface area contributed by atoms with Crippen molar-refractivity contribution in [3.8, 4) is 17.6 Å². The second-order valence-corrected chi connectivity index (χ2v) is 7.33. The van der Waals surface area contributed by atoms with Gasteiger partial charge in [0.15, 0.2) is 16.6 Å². The molecule has 0 spiro atoms. The van der Waals surface area contributed by atoms with Crippen molar-refractivity contribution < 1.29 is 9.47 Å². The van der Waals surface area contributed by atoms with Crippen molar-refractivity contribution >= 4 is 39.7 Å². The van der Waals surface area contributed by atoms with Crippen LogP contribution in [0.4, 0.5) is 11.5 Å². The Morgan fingerprint density at radius 1 is 1.17 bits per heavy atom. The van der Waals surface area contributed by atoms with Crippen LogP contribution in [0.1, 0.15) is 17.5 Å². The van der Waals surface area contributed by atoms with Crippen LogP contribution in [0.3, 0.4) is 0 Å². The van der Waals surface area contributed by atoms with E-state index in [0.29, 0.717) is 41.1 Å².